The monoisotopic (exact) mass is 254 g/mol. The molecule has 0 aliphatic carbocycles. The Morgan fingerprint density at radius 3 is 2.71 bits per heavy atom. The van der Waals surface area contributed by atoms with Gasteiger partial charge in [0.15, 0.2) is 0 Å². The van der Waals surface area contributed by atoms with Crippen LogP contribution >= 0.6 is 0 Å². The molecule has 0 aromatic heterocycles. The highest BCUT2D eigenvalue weighted by Gasteiger charge is 2.26. The maximum absolute atomic E-state index is 11.5. The third-order valence-corrected chi connectivity index (χ3v) is 4.00. The molecule has 0 fully saturated rings. The number of amides is 1. The lowest BCUT2D eigenvalue weighted by atomic mass is 10.1. The topological polar surface area (TPSA) is 66.5 Å². The zero-order valence-corrected chi connectivity index (χ0v) is 10.5. The molecule has 0 spiro atoms. The third-order valence-electron chi connectivity index (χ3n) is 2.82. The number of hydrogen-bond acceptors (Lipinski definition) is 3. The molecule has 92 valence electrons. The van der Waals surface area contributed by atoms with Crippen molar-refractivity contribution >= 4 is 21.6 Å². The Kier molecular flexibility index (Phi) is 2.82. The van der Waals surface area contributed by atoms with Gasteiger partial charge in [0.2, 0.25) is 10.0 Å². The second kappa shape index (κ2) is 4.03. The summed E-state index contributed by atoms with van der Waals surface area (Å²) in [4.78, 5) is 11.4. The van der Waals surface area contributed by atoms with Gasteiger partial charge >= 0.3 is 0 Å². The van der Waals surface area contributed by atoms with Gasteiger partial charge in [-0.15, -0.1) is 0 Å². The van der Waals surface area contributed by atoms with Crippen LogP contribution in [0.3, 0.4) is 0 Å². The maximum atomic E-state index is 11.5. The molecule has 1 aromatic rings. The molecule has 0 saturated heterocycles. The average Bonchev–Trinajstić information content (AvgIpc) is 2.70. The van der Waals surface area contributed by atoms with E-state index in [1.807, 2.05) is 0 Å². The van der Waals surface area contributed by atoms with Crippen LogP contribution in [-0.4, -0.2) is 34.2 Å². The summed E-state index contributed by atoms with van der Waals surface area (Å²) in [6.07, 6.45) is 1.84. The molecule has 0 bridgehead atoms. The molecule has 0 unspecified atom stereocenters. The number of nitrogens with one attached hydrogen (secondary N) is 1. The minimum atomic E-state index is -3.22. The van der Waals surface area contributed by atoms with Gasteiger partial charge in [-0.2, -0.15) is 0 Å². The molecule has 1 aliphatic rings. The summed E-state index contributed by atoms with van der Waals surface area (Å²) in [6.45, 7) is 0.450. The summed E-state index contributed by atoms with van der Waals surface area (Å²) in [7, 11) is -1.65. The van der Waals surface area contributed by atoms with E-state index in [0.717, 1.165) is 5.56 Å². The van der Waals surface area contributed by atoms with Crippen LogP contribution in [0.2, 0.25) is 0 Å². The van der Waals surface area contributed by atoms with Gasteiger partial charge in [0.05, 0.1) is 11.9 Å². The van der Waals surface area contributed by atoms with Crippen molar-refractivity contribution in [3.05, 3.63) is 29.3 Å². The van der Waals surface area contributed by atoms with Crippen molar-refractivity contribution in [1.29, 1.82) is 0 Å². The standard InChI is InChI=1S/C11H14N2O3S/c1-12-11(14)9-3-4-10-8(7-9)5-6-13(10)17(2,15)16/h3-4,7H,5-6H2,1-2H3,(H,12,14). The van der Waals surface area contributed by atoms with Crippen LogP contribution < -0.4 is 9.62 Å². The SMILES string of the molecule is CNC(=O)c1ccc2c(c1)CCN2S(C)(=O)=O. The summed E-state index contributed by atoms with van der Waals surface area (Å²) in [5, 5.41) is 2.54. The van der Waals surface area contributed by atoms with Crippen molar-refractivity contribution in [3.8, 4) is 0 Å². The normalized spacial score (nSPS) is 14.6. The van der Waals surface area contributed by atoms with Crippen LogP contribution in [0.1, 0.15) is 15.9 Å². The maximum Gasteiger partial charge on any atom is 0.251 e. The van der Waals surface area contributed by atoms with Crippen molar-refractivity contribution in [2.75, 3.05) is 24.2 Å². The Morgan fingerprint density at radius 2 is 2.12 bits per heavy atom. The van der Waals surface area contributed by atoms with Crippen LogP contribution in [0.4, 0.5) is 5.69 Å². The highest BCUT2D eigenvalue weighted by atomic mass is 32.2. The number of fused-ring (bicyclic) bond motifs is 1. The van der Waals surface area contributed by atoms with Crippen molar-refractivity contribution in [1.82, 2.24) is 5.32 Å². The molecule has 1 amide bonds. The van der Waals surface area contributed by atoms with Crippen molar-refractivity contribution in [2.24, 2.45) is 0 Å². The Hall–Kier alpha value is -1.56. The van der Waals surface area contributed by atoms with Crippen LogP contribution in [0.15, 0.2) is 18.2 Å². The molecule has 1 N–H and O–H groups in total. The lowest BCUT2D eigenvalue weighted by Gasteiger charge is -2.16. The predicted molar refractivity (Wildman–Crippen MR) is 65.7 cm³/mol. The van der Waals surface area contributed by atoms with Crippen LogP contribution in [-0.2, 0) is 16.4 Å². The van der Waals surface area contributed by atoms with Crippen LogP contribution in [0.25, 0.3) is 0 Å². The number of sulfonamides is 1. The van der Waals surface area contributed by atoms with Gasteiger partial charge in [-0.1, -0.05) is 0 Å². The minimum Gasteiger partial charge on any atom is -0.355 e. The summed E-state index contributed by atoms with van der Waals surface area (Å²) in [6, 6.07) is 5.08. The summed E-state index contributed by atoms with van der Waals surface area (Å²) < 4.78 is 24.4. The lowest BCUT2D eigenvalue weighted by molar-refractivity contribution is 0.0963. The molecule has 0 radical (unpaired) electrons. The number of carbonyl (C=O) groups is 1. The molecule has 2 rings (SSSR count). The highest BCUT2D eigenvalue weighted by molar-refractivity contribution is 7.92. The predicted octanol–water partition coefficient (Wildman–Crippen LogP) is 0.368. The Labute approximate surface area is 100 Å². The number of hydrogen-bond donors (Lipinski definition) is 1. The molecule has 6 heteroatoms. The summed E-state index contributed by atoms with van der Waals surface area (Å²) in [5.41, 5.74) is 2.14. The number of carbonyl (C=O) groups excluding carboxylic acids is 1. The smallest absolute Gasteiger partial charge is 0.251 e. The van der Waals surface area contributed by atoms with Gasteiger partial charge in [-0.3, -0.25) is 9.10 Å². The highest BCUT2D eigenvalue weighted by Crippen LogP contribution is 2.30. The van der Waals surface area contributed by atoms with E-state index >= 15 is 0 Å². The van der Waals surface area contributed by atoms with E-state index in [9.17, 15) is 13.2 Å². The van der Waals surface area contributed by atoms with Gasteiger partial charge in [0.25, 0.3) is 5.91 Å². The fourth-order valence-corrected chi connectivity index (χ4v) is 2.96. The van der Waals surface area contributed by atoms with Crippen LogP contribution in [0, 0.1) is 0 Å². The number of benzene rings is 1. The molecular formula is C11H14N2O3S. The fraction of sp³-hybridized carbons (Fsp3) is 0.364. The fourth-order valence-electron chi connectivity index (χ4n) is 2.00. The van der Waals surface area contributed by atoms with Crippen molar-refractivity contribution in [2.45, 2.75) is 6.42 Å². The molecule has 17 heavy (non-hydrogen) atoms. The van der Waals surface area contributed by atoms with E-state index in [0.29, 0.717) is 24.2 Å². The number of nitrogens with zero attached hydrogens (tertiary/aromatic N) is 1. The van der Waals surface area contributed by atoms with Gasteiger partial charge in [-0.25, -0.2) is 8.42 Å². The van der Waals surface area contributed by atoms with E-state index < -0.39 is 10.0 Å². The third kappa shape index (κ3) is 2.12. The van der Waals surface area contributed by atoms with Gasteiger partial charge in [0, 0.05) is 19.2 Å². The zero-order valence-electron chi connectivity index (χ0n) is 9.73. The van der Waals surface area contributed by atoms with E-state index in [4.69, 9.17) is 0 Å². The lowest BCUT2D eigenvalue weighted by Crippen LogP contribution is -2.27. The molecule has 1 heterocycles. The van der Waals surface area contributed by atoms with Crippen molar-refractivity contribution in [3.63, 3.8) is 0 Å². The molecule has 5 nitrogen and oxygen atoms in total. The van der Waals surface area contributed by atoms with Gasteiger partial charge in [0.1, 0.15) is 0 Å². The number of rotatable bonds is 2. The molecular weight excluding hydrogens is 240 g/mol. The molecule has 0 atom stereocenters. The number of anilines is 1. The van der Waals surface area contributed by atoms with E-state index in [2.05, 4.69) is 5.32 Å². The second-order valence-corrected chi connectivity index (χ2v) is 5.91. The van der Waals surface area contributed by atoms with E-state index in [1.165, 1.54) is 10.6 Å². The molecule has 0 saturated carbocycles. The Balaban J connectivity index is 2.42. The molecule has 1 aliphatic heterocycles. The first kappa shape index (κ1) is 11.9. The van der Waals surface area contributed by atoms with E-state index in [-0.39, 0.29) is 5.91 Å². The second-order valence-electron chi connectivity index (χ2n) is 4.01. The average molecular weight is 254 g/mol. The summed E-state index contributed by atoms with van der Waals surface area (Å²) in [5.74, 6) is -0.161. The van der Waals surface area contributed by atoms with Crippen LogP contribution in [0.5, 0.6) is 0 Å². The van der Waals surface area contributed by atoms with E-state index in [1.54, 1.807) is 25.2 Å². The van der Waals surface area contributed by atoms with Gasteiger partial charge in [-0.05, 0) is 30.2 Å². The Morgan fingerprint density at radius 1 is 1.41 bits per heavy atom. The first-order chi connectivity index (χ1) is 7.93. The van der Waals surface area contributed by atoms with Crippen molar-refractivity contribution < 1.29 is 13.2 Å². The zero-order chi connectivity index (χ0) is 12.6. The quantitative estimate of drug-likeness (QED) is 0.829. The first-order valence-electron chi connectivity index (χ1n) is 5.26. The first-order valence-corrected chi connectivity index (χ1v) is 7.11. The molecule has 1 aromatic carbocycles. The van der Waals surface area contributed by atoms with Gasteiger partial charge < -0.3 is 5.32 Å². The summed E-state index contributed by atoms with van der Waals surface area (Å²) >= 11 is 0. The largest absolute Gasteiger partial charge is 0.355 e. The minimum absolute atomic E-state index is 0.161. The Bertz CT molecular complexity index is 566.